The molecule has 0 aromatic heterocycles. The maximum Gasteiger partial charge on any atom is 0.0207 e. The van der Waals surface area contributed by atoms with E-state index >= 15 is 0 Å². The van der Waals surface area contributed by atoms with E-state index in [2.05, 4.69) is 66.9 Å². The van der Waals surface area contributed by atoms with Crippen LogP contribution in [0.4, 0.5) is 0 Å². The summed E-state index contributed by atoms with van der Waals surface area (Å²) in [7, 11) is 0. The first-order valence-electron chi connectivity index (χ1n) is 4.58. The van der Waals surface area contributed by atoms with Crippen LogP contribution >= 0.6 is 22.6 Å². The molecule has 0 saturated heterocycles. The van der Waals surface area contributed by atoms with E-state index in [1.54, 1.807) is 0 Å². The minimum atomic E-state index is 0.555. The zero-order valence-electron chi connectivity index (χ0n) is 8.39. The van der Waals surface area contributed by atoms with Gasteiger partial charge in [0.1, 0.15) is 0 Å². The molecule has 1 rings (SSSR count). The van der Waals surface area contributed by atoms with Crippen LogP contribution < -0.4 is 5.32 Å². The van der Waals surface area contributed by atoms with E-state index in [1.807, 2.05) is 0 Å². The molecule has 0 unspecified atom stereocenters. The number of rotatable bonds is 3. The third-order valence-corrected chi connectivity index (χ3v) is 3.15. The average Bonchev–Trinajstić information content (AvgIpc) is 2.07. The first-order valence-corrected chi connectivity index (χ1v) is 5.66. The summed E-state index contributed by atoms with van der Waals surface area (Å²) in [6.07, 6.45) is 0. The van der Waals surface area contributed by atoms with Crippen LogP contribution in [0.3, 0.4) is 0 Å². The summed E-state index contributed by atoms with van der Waals surface area (Å²) in [6, 6.07) is 7.16. The van der Waals surface area contributed by atoms with Crippen molar-refractivity contribution in [2.75, 3.05) is 0 Å². The van der Waals surface area contributed by atoms with Gasteiger partial charge < -0.3 is 5.32 Å². The third-order valence-electron chi connectivity index (χ3n) is 1.94. The van der Waals surface area contributed by atoms with E-state index in [1.165, 1.54) is 14.7 Å². The van der Waals surface area contributed by atoms with Crippen molar-refractivity contribution in [1.82, 2.24) is 5.32 Å². The van der Waals surface area contributed by atoms with Crippen LogP contribution in [-0.2, 0) is 6.54 Å². The molecular formula is C11H16IN. The van der Waals surface area contributed by atoms with Crippen LogP contribution in [-0.4, -0.2) is 6.04 Å². The highest BCUT2D eigenvalue weighted by Crippen LogP contribution is 2.13. The summed E-state index contributed by atoms with van der Waals surface area (Å²) >= 11 is 2.36. The van der Waals surface area contributed by atoms with Gasteiger partial charge >= 0.3 is 0 Å². The predicted molar refractivity (Wildman–Crippen MR) is 65.9 cm³/mol. The van der Waals surface area contributed by atoms with Crippen LogP contribution in [0.5, 0.6) is 0 Å². The molecule has 1 aromatic carbocycles. The van der Waals surface area contributed by atoms with Crippen molar-refractivity contribution in [2.24, 2.45) is 0 Å². The Balaban J connectivity index is 2.63. The van der Waals surface area contributed by atoms with Gasteiger partial charge in [0.05, 0.1) is 0 Å². The van der Waals surface area contributed by atoms with Gasteiger partial charge in [-0.25, -0.2) is 0 Å². The Bertz CT molecular complexity index is 281. The van der Waals surface area contributed by atoms with Crippen LogP contribution in [0.1, 0.15) is 25.0 Å². The Morgan fingerprint density at radius 3 is 2.62 bits per heavy atom. The molecule has 0 atom stereocenters. The lowest BCUT2D eigenvalue weighted by Gasteiger charge is -2.09. The van der Waals surface area contributed by atoms with Gasteiger partial charge in [-0.1, -0.05) is 26.0 Å². The van der Waals surface area contributed by atoms with E-state index in [0.717, 1.165) is 6.54 Å². The molecule has 0 amide bonds. The summed E-state index contributed by atoms with van der Waals surface area (Å²) in [5.74, 6) is 0. The van der Waals surface area contributed by atoms with Crippen LogP contribution in [0.2, 0.25) is 0 Å². The van der Waals surface area contributed by atoms with E-state index in [4.69, 9.17) is 0 Å². The van der Waals surface area contributed by atoms with E-state index in [9.17, 15) is 0 Å². The number of hydrogen-bond donors (Lipinski definition) is 1. The molecule has 1 aromatic rings. The molecule has 1 N–H and O–H groups in total. The molecule has 72 valence electrons. The van der Waals surface area contributed by atoms with Gasteiger partial charge in [-0.05, 0) is 46.7 Å². The summed E-state index contributed by atoms with van der Waals surface area (Å²) in [5.41, 5.74) is 2.73. The number of nitrogens with one attached hydrogen (secondary N) is 1. The second-order valence-corrected chi connectivity index (χ2v) is 4.78. The molecule has 0 fully saturated rings. The first kappa shape index (κ1) is 11.0. The highest BCUT2D eigenvalue weighted by atomic mass is 127. The van der Waals surface area contributed by atoms with Crippen molar-refractivity contribution in [3.05, 3.63) is 32.9 Å². The van der Waals surface area contributed by atoms with Gasteiger partial charge in [-0.15, -0.1) is 0 Å². The molecule has 0 aliphatic carbocycles. The van der Waals surface area contributed by atoms with Crippen molar-refractivity contribution in [2.45, 2.75) is 33.4 Å². The smallest absolute Gasteiger partial charge is 0.0207 e. The van der Waals surface area contributed by atoms with E-state index in [0.29, 0.717) is 6.04 Å². The van der Waals surface area contributed by atoms with Crippen molar-refractivity contribution < 1.29 is 0 Å². The summed E-state index contributed by atoms with van der Waals surface area (Å²) in [6.45, 7) is 7.45. The topological polar surface area (TPSA) is 12.0 Å². The Labute approximate surface area is 94.1 Å². The zero-order valence-corrected chi connectivity index (χ0v) is 10.6. The normalized spacial score (nSPS) is 10.8. The SMILES string of the molecule is Cc1cc(CNC(C)C)ccc1I. The van der Waals surface area contributed by atoms with Gasteiger partial charge in [0, 0.05) is 16.2 Å². The monoisotopic (exact) mass is 289 g/mol. The quantitative estimate of drug-likeness (QED) is 0.843. The predicted octanol–water partition coefficient (Wildman–Crippen LogP) is 3.10. The minimum Gasteiger partial charge on any atom is -0.310 e. The fourth-order valence-corrected chi connectivity index (χ4v) is 1.47. The van der Waals surface area contributed by atoms with Crippen molar-refractivity contribution in [3.8, 4) is 0 Å². The Hall–Kier alpha value is -0.0900. The highest BCUT2D eigenvalue weighted by molar-refractivity contribution is 14.1. The number of hydrogen-bond acceptors (Lipinski definition) is 1. The summed E-state index contributed by atoms with van der Waals surface area (Å²) < 4.78 is 1.34. The Morgan fingerprint density at radius 2 is 2.08 bits per heavy atom. The number of halogens is 1. The molecule has 0 spiro atoms. The van der Waals surface area contributed by atoms with Crippen molar-refractivity contribution in [3.63, 3.8) is 0 Å². The molecule has 0 aliphatic heterocycles. The number of aryl methyl sites for hydroxylation is 1. The summed E-state index contributed by atoms with van der Waals surface area (Å²) in [4.78, 5) is 0. The fourth-order valence-electron chi connectivity index (χ4n) is 1.14. The van der Waals surface area contributed by atoms with E-state index < -0.39 is 0 Å². The first-order chi connectivity index (χ1) is 6.09. The summed E-state index contributed by atoms with van der Waals surface area (Å²) in [5, 5.41) is 3.41. The molecule has 0 aliphatic rings. The van der Waals surface area contributed by atoms with Gasteiger partial charge in [-0.3, -0.25) is 0 Å². The van der Waals surface area contributed by atoms with Gasteiger partial charge in [0.25, 0.3) is 0 Å². The maximum atomic E-state index is 3.41. The van der Waals surface area contributed by atoms with Crippen molar-refractivity contribution in [1.29, 1.82) is 0 Å². The highest BCUT2D eigenvalue weighted by Gasteiger charge is 1.97. The van der Waals surface area contributed by atoms with Crippen LogP contribution in [0, 0.1) is 10.5 Å². The molecular weight excluding hydrogens is 273 g/mol. The molecule has 1 nitrogen and oxygen atoms in total. The van der Waals surface area contributed by atoms with Gasteiger partial charge in [0.15, 0.2) is 0 Å². The Morgan fingerprint density at radius 1 is 1.38 bits per heavy atom. The lowest BCUT2D eigenvalue weighted by Crippen LogP contribution is -2.21. The standard InChI is InChI=1S/C11H16IN/c1-8(2)13-7-10-4-5-11(12)9(3)6-10/h4-6,8,13H,7H2,1-3H3. The molecule has 0 radical (unpaired) electrons. The van der Waals surface area contributed by atoms with Crippen molar-refractivity contribution >= 4 is 22.6 Å². The van der Waals surface area contributed by atoms with Gasteiger partial charge in [0.2, 0.25) is 0 Å². The number of benzene rings is 1. The molecule has 0 bridgehead atoms. The lowest BCUT2D eigenvalue weighted by atomic mass is 10.1. The minimum absolute atomic E-state index is 0.555. The van der Waals surface area contributed by atoms with Gasteiger partial charge in [-0.2, -0.15) is 0 Å². The third kappa shape index (κ3) is 3.65. The molecule has 13 heavy (non-hydrogen) atoms. The zero-order chi connectivity index (χ0) is 9.84. The fraction of sp³-hybridized carbons (Fsp3) is 0.455. The average molecular weight is 289 g/mol. The molecule has 2 heteroatoms. The lowest BCUT2D eigenvalue weighted by molar-refractivity contribution is 0.588. The molecule has 0 heterocycles. The van der Waals surface area contributed by atoms with E-state index in [-0.39, 0.29) is 0 Å². The maximum absolute atomic E-state index is 3.41. The molecule has 0 saturated carbocycles. The second kappa shape index (κ2) is 4.96. The largest absolute Gasteiger partial charge is 0.310 e. The Kier molecular flexibility index (Phi) is 4.19. The van der Waals surface area contributed by atoms with Crippen LogP contribution in [0.15, 0.2) is 18.2 Å². The second-order valence-electron chi connectivity index (χ2n) is 3.62. The van der Waals surface area contributed by atoms with Crippen LogP contribution in [0.25, 0.3) is 0 Å².